The molecule has 0 aromatic carbocycles. The summed E-state index contributed by atoms with van der Waals surface area (Å²) in [5.41, 5.74) is 0. The Morgan fingerprint density at radius 2 is 1.80 bits per heavy atom. The molecule has 0 amide bonds. The summed E-state index contributed by atoms with van der Waals surface area (Å²) in [7, 11) is 0. The van der Waals surface area contributed by atoms with E-state index in [9.17, 15) is 0 Å². The number of rotatable bonds is 0. The minimum Gasteiger partial charge on any atom is -0.473 e. The van der Waals surface area contributed by atoms with Gasteiger partial charge in [0.1, 0.15) is 6.26 Å². The maximum atomic E-state index is 4.58. The molecule has 4 nitrogen and oxygen atoms in total. The number of hydrogen-bond donors (Lipinski definition) is 0. The maximum Gasteiger partial charge on any atom is 0.144 e. The van der Waals surface area contributed by atoms with E-state index < -0.39 is 0 Å². The average molecular weight is 138 g/mol. The second-order valence-electron chi connectivity index (χ2n) is 1.38. The van der Waals surface area contributed by atoms with Gasteiger partial charge in [-0.15, -0.1) is 5.10 Å². The van der Waals surface area contributed by atoms with Crippen LogP contribution < -0.4 is 0 Å². The Labute approximate surface area is 57.4 Å². The molecule has 0 fully saturated rings. The van der Waals surface area contributed by atoms with E-state index in [-0.39, 0.29) is 0 Å². The Balaban J connectivity index is 0.0000001000. The predicted molar refractivity (Wildman–Crippen MR) is 33.0 cm³/mol. The van der Waals surface area contributed by atoms with Crippen molar-refractivity contribution in [3.8, 4) is 0 Å². The highest BCUT2D eigenvalue weighted by Gasteiger charge is 1.61. The fourth-order valence-electron chi connectivity index (χ4n) is 0.363. The minimum absolute atomic E-state index is 1.40. The first-order valence-electron chi connectivity index (χ1n) is 2.68. The second kappa shape index (κ2) is 4.31. The molecule has 0 aliphatic carbocycles. The summed E-state index contributed by atoms with van der Waals surface area (Å²) in [5.74, 6) is 0. The summed E-state index contributed by atoms with van der Waals surface area (Å²) >= 11 is 0. The topological polar surface area (TPSA) is 52.1 Å². The van der Waals surface area contributed by atoms with E-state index in [1.807, 2.05) is 12.1 Å². The van der Waals surface area contributed by atoms with E-state index in [1.54, 1.807) is 12.5 Å². The van der Waals surface area contributed by atoms with Crippen molar-refractivity contribution < 1.29 is 8.94 Å². The van der Waals surface area contributed by atoms with E-state index in [4.69, 9.17) is 0 Å². The van der Waals surface area contributed by atoms with Gasteiger partial charge in [-0.2, -0.15) is 0 Å². The molecule has 0 saturated carbocycles. The Morgan fingerprint density at radius 3 is 2.00 bits per heavy atom. The molecule has 0 bridgehead atoms. The van der Waals surface area contributed by atoms with Gasteiger partial charge in [-0.05, 0) is 12.1 Å². The van der Waals surface area contributed by atoms with Crippen molar-refractivity contribution in [3.05, 3.63) is 37.1 Å². The van der Waals surface area contributed by atoms with Crippen molar-refractivity contribution in [2.45, 2.75) is 0 Å². The van der Waals surface area contributed by atoms with Gasteiger partial charge in [0.15, 0.2) is 0 Å². The Hall–Kier alpha value is -1.58. The molecule has 0 aliphatic rings. The Kier molecular flexibility index (Phi) is 2.82. The van der Waals surface area contributed by atoms with Crippen LogP contribution in [0.5, 0.6) is 0 Å². The van der Waals surface area contributed by atoms with Gasteiger partial charge in [0.2, 0.25) is 0 Å². The molecule has 52 valence electrons. The molecule has 2 heterocycles. The molecule has 4 heteroatoms. The van der Waals surface area contributed by atoms with E-state index in [0.29, 0.717) is 0 Å². The van der Waals surface area contributed by atoms with Crippen molar-refractivity contribution >= 4 is 0 Å². The van der Waals surface area contributed by atoms with E-state index in [1.165, 1.54) is 12.5 Å². The van der Waals surface area contributed by atoms with Gasteiger partial charge in [0.25, 0.3) is 0 Å². The molecule has 10 heavy (non-hydrogen) atoms. The molecule has 0 unspecified atom stereocenters. The quantitative estimate of drug-likeness (QED) is 0.551. The number of nitrogens with zero attached hydrogens (tertiary/aromatic N) is 2. The van der Waals surface area contributed by atoms with E-state index in [0.717, 1.165) is 0 Å². The summed E-state index contributed by atoms with van der Waals surface area (Å²) < 4.78 is 8.81. The molecule has 0 atom stereocenters. The first-order valence-corrected chi connectivity index (χ1v) is 2.68. The highest BCUT2D eigenvalue weighted by Crippen LogP contribution is 1.79. The summed E-state index contributed by atoms with van der Waals surface area (Å²) in [6.07, 6.45) is 6.12. The van der Waals surface area contributed by atoms with Gasteiger partial charge in [0.05, 0.1) is 18.7 Å². The third kappa shape index (κ3) is 2.66. The molecule has 0 N–H and O–H groups in total. The zero-order valence-electron chi connectivity index (χ0n) is 5.18. The standard InChI is InChI=1S/C4H4O.C2H2N2O/c1-2-4-5-3-1;1-2-5-4-3-1/h1-4H;1-2H. The van der Waals surface area contributed by atoms with Crippen LogP contribution in [0.2, 0.25) is 0 Å². The second-order valence-corrected chi connectivity index (χ2v) is 1.38. The molecule has 2 aromatic heterocycles. The number of aromatic nitrogens is 2. The summed E-state index contributed by atoms with van der Waals surface area (Å²) in [4.78, 5) is 0. The summed E-state index contributed by atoms with van der Waals surface area (Å²) in [5, 5.41) is 6.40. The third-order valence-electron chi connectivity index (χ3n) is 0.708. The van der Waals surface area contributed by atoms with Crippen LogP contribution in [0.1, 0.15) is 0 Å². The third-order valence-corrected chi connectivity index (χ3v) is 0.708. The molecule has 2 aromatic rings. The predicted octanol–water partition coefficient (Wildman–Crippen LogP) is 1.35. The van der Waals surface area contributed by atoms with Gasteiger partial charge >= 0.3 is 0 Å². The lowest BCUT2D eigenvalue weighted by molar-refractivity contribution is 0.393. The van der Waals surface area contributed by atoms with Gasteiger partial charge in [-0.25, -0.2) is 0 Å². The smallest absolute Gasteiger partial charge is 0.144 e. The minimum atomic E-state index is 1.40. The van der Waals surface area contributed by atoms with Gasteiger partial charge in [-0.1, -0.05) is 0 Å². The lowest BCUT2D eigenvalue weighted by atomic mass is 10.7. The van der Waals surface area contributed by atoms with Crippen molar-refractivity contribution in [2.24, 2.45) is 0 Å². The number of hydrogen-bond acceptors (Lipinski definition) is 4. The molecule has 2 rings (SSSR count). The first kappa shape index (κ1) is 6.54. The monoisotopic (exact) mass is 138 g/mol. The zero-order chi connectivity index (χ0) is 7.07. The molecule has 0 radical (unpaired) electrons. The maximum absolute atomic E-state index is 4.58. The molecule has 0 aliphatic heterocycles. The van der Waals surface area contributed by atoms with Crippen LogP contribution in [0.4, 0.5) is 0 Å². The lowest BCUT2D eigenvalue weighted by Crippen LogP contribution is -1.53. The van der Waals surface area contributed by atoms with Gasteiger partial charge in [0, 0.05) is 5.27 Å². The van der Waals surface area contributed by atoms with Crippen LogP contribution in [-0.4, -0.2) is 10.4 Å². The molecule has 0 spiro atoms. The van der Waals surface area contributed by atoms with E-state index >= 15 is 0 Å². The lowest BCUT2D eigenvalue weighted by Gasteiger charge is -1.50. The van der Waals surface area contributed by atoms with Crippen molar-refractivity contribution in [3.63, 3.8) is 0 Å². The molecule has 0 saturated heterocycles. The average Bonchev–Trinajstić information content (AvgIpc) is 2.67. The fraction of sp³-hybridized carbons (Fsp3) is 0. The SMILES string of the molecule is c1ccoc1.c1conn1. The highest BCUT2D eigenvalue weighted by atomic mass is 16.5. The van der Waals surface area contributed by atoms with Crippen LogP contribution in [0.25, 0.3) is 0 Å². The van der Waals surface area contributed by atoms with Crippen LogP contribution >= 0.6 is 0 Å². The first-order chi connectivity index (χ1) is 5.00. The van der Waals surface area contributed by atoms with Gasteiger partial charge in [-0.3, -0.25) is 0 Å². The Morgan fingerprint density at radius 1 is 1.00 bits per heavy atom. The van der Waals surface area contributed by atoms with Crippen molar-refractivity contribution in [2.75, 3.05) is 0 Å². The molecular formula is C6H6N2O2. The Bertz CT molecular complexity index is 153. The van der Waals surface area contributed by atoms with Crippen LogP contribution in [-0.2, 0) is 0 Å². The van der Waals surface area contributed by atoms with Gasteiger partial charge < -0.3 is 8.94 Å². The highest BCUT2D eigenvalue weighted by molar-refractivity contribution is 4.79. The van der Waals surface area contributed by atoms with Crippen molar-refractivity contribution in [1.29, 1.82) is 0 Å². The zero-order valence-corrected chi connectivity index (χ0v) is 5.18. The van der Waals surface area contributed by atoms with Crippen LogP contribution in [0.15, 0.2) is 46.1 Å². The fourth-order valence-corrected chi connectivity index (χ4v) is 0.363. The summed E-state index contributed by atoms with van der Waals surface area (Å²) in [6.45, 7) is 0. The number of furan rings is 1. The van der Waals surface area contributed by atoms with Crippen LogP contribution in [0, 0.1) is 0 Å². The van der Waals surface area contributed by atoms with E-state index in [2.05, 4.69) is 19.3 Å². The molecular weight excluding hydrogens is 132 g/mol. The van der Waals surface area contributed by atoms with Crippen LogP contribution in [0.3, 0.4) is 0 Å². The summed E-state index contributed by atoms with van der Waals surface area (Å²) in [6, 6.07) is 3.67. The van der Waals surface area contributed by atoms with Crippen molar-refractivity contribution in [1.82, 2.24) is 10.4 Å². The normalized spacial score (nSPS) is 8.00. The largest absolute Gasteiger partial charge is 0.473 e.